The van der Waals surface area contributed by atoms with E-state index in [1.54, 1.807) is 12.1 Å². The Balaban J connectivity index is 1.79. The van der Waals surface area contributed by atoms with Crippen LogP contribution in [0, 0.1) is 0 Å². The standard InChI is InChI=1S/C17H19BrN2O2S/c1-2-3-4-12-5-7-13(8-6-12)11-16(21)19-20-17(22)14-9-10-15(18)23-14/h5-10H,2-4,11H2,1H3,(H,19,21)(H,20,22). The minimum Gasteiger partial charge on any atom is -0.273 e. The highest BCUT2D eigenvalue weighted by molar-refractivity contribution is 9.11. The third kappa shape index (κ3) is 5.80. The van der Waals surface area contributed by atoms with Crippen LogP contribution >= 0.6 is 27.3 Å². The summed E-state index contributed by atoms with van der Waals surface area (Å²) in [5, 5.41) is 0. The summed E-state index contributed by atoms with van der Waals surface area (Å²) in [5.74, 6) is -0.556. The van der Waals surface area contributed by atoms with Gasteiger partial charge < -0.3 is 0 Å². The van der Waals surface area contributed by atoms with E-state index >= 15 is 0 Å². The molecule has 1 aromatic heterocycles. The van der Waals surface area contributed by atoms with Gasteiger partial charge >= 0.3 is 0 Å². The first kappa shape index (κ1) is 17.7. The van der Waals surface area contributed by atoms with E-state index in [9.17, 15) is 9.59 Å². The molecule has 0 spiro atoms. The zero-order valence-electron chi connectivity index (χ0n) is 12.9. The molecule has 0 radical (unpaired) electrons. The second-order valence-electron chi connectivity index (χ2n) is 5.20. The van der Waals surface area contributed by atoms with E-state index in [4.69, 9.17) is 0 Å². The first-order valence-corrected chi connectivity index (χ1v) is 9.11. The molecule has 0 bridgehead atoms. The second-order valence-corrected chi connectivity index (χ2v) is 7.67. The van der Waals surface area contributed by atoms with Gasteiger partial charge in [-0.3, -0.25) is 20.4 Å². The molecule has 1 heterocycles. The molecule has 122 valence electrons. The quantitative estimate of drug-likeness (QED) is 0.730. The number of hydrogen-bond acceptors (Lipinski definition) is 3. The summed E-state index contributed by atoms with van der Waals surface area (Å²) in [7, 11) is 0. The van der Waals surface area contributed by atoms with Crippen LogP contribution in [-0.2, 0) is 17.6 Å². The molecule has 2 amide bonds. The molecule has 2 rings (SSSR count). The van der Waals surface area contributed by atoms with Crippen molar-refractivity contribution >= 4 is 39.1 Å². The van der Waals surface area contributed by atoms with Gasteiger partial charge in [-0.05, 0) is 52.0 Å². The van der Waals surface area contributed by atoms with Gasteiger partial charge in [0.25, 0.3) is 5.91 Å². The Hall–Kier alpha value is -1.66. The lowest BCUT2D eigenvalue weighted by Crippen LogP contribution is -2.42. The molecular weight excluding hydrogens is 376 g/mol. The maximum atomic E-state index is 11.9. The molecule has 6 heteroatoms. The summed E-state index contributed by atoms with van der Waals surface area (Å²) in [6, 6.07) is 11.5. The van der Waals surface area contributed by atoms with E-state index in [1.165, 1.54) is 29.7 Å². The van der Waals surface area contributed by atoms with Gasteiger partial charge in [0.2, 0.25) is 5.91 Å². The fraction of sp³-hybridized carbons (Fsp3) is 0.294. The molecule has 0 fully saturated rings. The van der Waals surface area contributed by atoms with Crippen LogP contribution in [0.5, 0.6) is 0 Å². The molecule has 0 aliphatic rings. The van der Waals surface area contributed by atoms with Crippen LogP contribution < -0.4 is 10.9 Å². The maximum Gasteiger partial charge on any atom is 0.279 e. The minimum atomic E-state index is -0.316. The molecule has 0 atom stereocenters. The van der Waals surface area contributed by atoms with Gasteiger partial charge in [-0.2, -0.15) is 0 Å². The Morgan fingerprint density at radius 2 is 1.74 bits per heavy atom. The van der Waals surface area contributed by atoms with Crippen molar-refractivity contribution in [1.29, 1.82) is 0 Å². The number of benzene rings is 1. The number of carbonyl (C=O) groups excluding carboxylic acids is 2. The molecule has 0 saturated carbocycles. The van der Waals surface area contributed by atoms with Crippen molar-refractivity contribution < 1.29 is 9.59 Å². The average Bonchev–Trinajstić information content (AvgIpc) is 2.98. The van der Waals surface area contributed by atoms with Crippen molar-refractivity contribution in [3.63, 3.8) is 0 Å². The average molecular weight is 395 g/mol. The fourth-order valence-corrected chi connectivity index (χ4v) is 3.34. The lowest BCUT2D eigenvalue weighted by molar-refractivity contribution is -0.121. The van der Waals surface area contributed by atoms with Crippen LogP contribution in [-0.4, -0.2) is 11.8 Å². The Morgan fingerprint density at radius 1 is 1.04 bits per heavy atom. The van der Waals surface area contributed by atoms with Gasteiger partial charge in [0.05, 0.1) is 15.1 Å². The third-order valence-electron chi connectivity index (χ3n) is 3.32. The van der Waals surface area contributed by atoms with Crippen molar-refractivity contribution in [2.24, 2.45) is 0 Å². The van der Waals surface area contributed by atoms with E-state index in [0.29, 0.717) is 4.88 Å². The molecular formula is C17H19BrN2O2S. The number of rotatable bonds is 6. The number of amides is 2. The molecule has 4 nitrogen and oxygen atoms in total. The number of aryl methyl sites for hydroxylation is 1. The predicted molar refractivity (Wildman–Crippen MR) is 96.4 cm³/mol. The van der Waals surface area contributed by atoms with E-state index in [1.807, 2.05) is 12.1 Å². The maximum absolute atomic E-state index is 11.9. The molecule has 0 saturated heterocycles. The number of nitrogens with one attached hydrogen (secondary N) is 2. The molecule has 0 unspecified atom stereocenters. The van der Waals surface area contributed by atoms with Crippen LogP contribution in [0.2, 0.25) is 0 Å². The highest BCUT2D eigenvalue weighted by Crippen LogP contribution is 2.21. The largest absolute Gasteiger partial charge is 0.279 e. The van der Waals surface area contributed by atoms with E-state index in [-0.39, 0.29) is 18.2 Å². The molecule has 1 aromatic carbocycles. The van der Waals surface area contributed by atoms with Gasteiger partial charge in [-0.1, -0.05) is 37.6 Å². The summed E-state index contributed by atoms with van der Waals surface area (Å²) in [4.78, 5) is 24.2. The topological polar surface area (TPSA) is 58.2 Å². The monoisotopic (exact) mass is 394 g/mol. The lowest BCUT2D eigenvalue weighted by Gasteiger charge is -2.07. The molecule has 0 aliphatic heterocycles. The minimum absolute atomic E-state index is 0.239. The SMILES string of the molecule is CCCCc1ccc(CC(=O)NNC(=O)c2ccc(Br)s2)cc1. The van der Waals surface area contributed by atoms with Crippen LogP contribution in [0.25, 0.3) is 0 Å². The van der Waals surface area contributed by atoms with Gasteiger partial charge in [-0.25, -0.2) is 0 Å². The Labute approximate surface area is 148 Å². The van der Waals surface area contributed by atoms with E-state index in [2.05, 4.69) is 45.8 Å². The number of unbranched alkanes of at least 4 members (excludes halogenated alkanes) is 1. The molecule has 23 heavy (non-hydrogen) atoms. The van der Waals surface area contributed by atoms with Crippen molar-refractivity contribution in [3.8, 4) is 0 Å². The normalized spacial score (nSPS) is 10.3. The summed E-state index contributed by atoms with van der Waals surface area (Å²) in [6.45, 7) is 2.17. The summed E-state index contributed by atoms with van der Waals surface area (Å²) < 4.78 is 0.872. The van der Waals surface area contributed by atoms with Gasteiger partial charge in [0, 0.05) is 0 Å². The van der Waals surface area contributed by atoms with Crippen molar-refractivity contribution in [3.05, 3.63) is 56.2 Å². The fourth-order valence-electron chi connectivity index (χ4n) is 2.06. The smallest absolute Gasteiger partial charge is 0.273 e. The van der Waals surface area contributed by atoms with Crippen molar-refractivity contribution in [2.45, 2.75) is 32.6 Å². The summed E-state index contributed by atoms with van der Waals surface area (Å²) in [5.41, 5.74) is 7.07. The van der Waals surface area contributed by atoms with Gasteiger partial charge in [-0.15, -0.1) is 11.3 Å². The van der Waals surface area contributed by atoms with E-state index in [0.717, 1.165) is 15.8 Å². The van der Waals surface area contributed by atoms with Crippen molar-refractivity contribution in [2.75, 3.05) is 0 Å². The lowest BCUT2D eigenvalue weighted by atomic mass is 10.0. The van der Waals surface area contributed by atoms with Crippen LogP contribution in [0.1, 0.15) is 40.6 Å². The second kappa shape index (κ2) is 8.84. The zero-order valence-corrected chi connectivity index (χ0v) is 15.3. The summed E-state index contributed by atoms with van der Waals surface area (Å²) >= 11 is 4.61. The first-order valence-electron chi connectivity index (χ1n) is 7.51. The number of halogens is 1. The number of hydrogen-bond donors (Lipinski definition) is 2. The van der Waals surface area contributed by atoms with Gasteiger partial charge in [0.15, 0.2) is 0 Å². The van der Waals surface area contributed by atoms with Crippen LogP contribution in [0.15, 0.2) is 40.2 Å². The Kier molecular flexibility index (Phi) is 6.80. The number of carbonyl (C=O) groups is 2. The van der Waals surface area contributed by atoms with Crippen LogP contribution in [0.4, 0.5) is 0 Å². The Bertz CT molecular complexity index is 667. The molecule has 2 aromatic rings. The zero-order chi connectivity index (χ0) is 16.7. The van der Waals surface area contributed by atoms with Gasteiger partial charge in [0.1, 0.15) is 0 Å². The van der Waals surface area contributed by atoms with Crippen molar-refractivity contribution in [1.82, 2.24) is 10.9 Å². The summed E-state index contributed by atoms with van der Waals surface area (Å²) in [6.07, 6.45) is 3.65. The molecule has 0 aliphatic carbocycles. The Morgan fingerprint density at radius 3 is 2.35 bits per heavy atom. The highest BCUT2D eigenvalue weighted by atomic mass is 79.9. The number of thiophene rings is 1. The van der Waals surface area contributed by atoms with Crippen LogP contribution in [0.3, 0.4) is 0 Å². The third-order valence-corrected chi connectivity index (χ3v) is 4.94. The first-order chi connectivity index (χ1) is 11.1. The van der Waals surface area contributed by atoms with E-state index < -0.39 is 0 Å². The number of hydrazine groups is 1. The highest BCUT2D eigenvalue weighted by Gasteiger charge is 2.10. The predicted octanol–water partition coefficient (Wildman–Crippen LogP) is 3.86. The molecule has 2 N–H and O–H groups in total.